The molecule has 0 atom stereocenters. The van der Waals surface area contributed by atoms with Crippen LogP contribution in [0.15, 0.2) is 53.1 Å². The SMILES string of the molecule is CC(C)N1CCC(c2noc(-c3ccc(-c4ccccc4F)cc3)n2)CC1. The molecular weight excluding hydrogens is 341 g/mol. The first-order valence-electron chi connectivity index (χ1n) is 9.55. The summed E-state index contributed by atoms with van der Waals surface area (Å²) in [5, 5.41) is 4.22. The summed E-state index contributed by atoms with van der Waals surface area (Å²) in [4.78, 5) is 7.11. The molecule has 0 N–H and O–H groups in total. The van der Waals surface area contributed by atoms with E-state index in [1.807, 2.05) is 30.3 Å². The second-order valence-electron chi connectivity index (χ2n) is 7.42. The summed E-state index contributed by atoms with van der Waals surface area (Å²) in [7, 11) is 0. The Bertz CT molecular complexity index is 896. The van der Waals surface area contributed by atoms with Crippen molar-refractivity contribution < 1.29 is 8.91 Å². The average Bonchev–Trinajstić information content (AvgIpc) is 3.19. The molecule has 5 heteroatoms. The van der Waals surface area contributed by atoms with Crippen LogP contribution in [0.5, 0.6) is 0 Å². The molecule has 0 bridgehead atoms. The van der Waals surface area contributed by atoms with Crippen molar-refractivity contribution in [3.63, 3.8) is 0 Å². The van der Waals surface area contributed by atoms with Crippen molar-refractivity contribution in [3.05, 3.63) is 60.2 Å². The fourth-order valence-corrected chi connectivity index (χ4v) is 3.68. The first-order chi connectivity index (χ1) is 13.1. The Kier molecular flexibility index (Phi) is 5.03. The Morgan fingerprint density at radius 2 is 1.67 bits per heavy atom. The second kappa shape index (κ2) is 7.61. The highest BCUT2D eigenvalue weighted by Crippen LogP contribution is 2.30. The van der Waals surface area contributed by atoms with Crippen LogP contribution in [-0.2, 0) is 0 Å². The second-order valence-corrected chi connectivity index (χ2v) is 7.42. The number of hydrogen-bond acceptors (Lipinski definition) is 4. The summed E-state index contributed by atoms with van der Waals surface area (Å²) >= 11 is 0. The van der Waals surface area contributed by atoms with Crippen molar-refractivity contribution in [2.45, 2.75) is 38.6 Å². The molecule has 0 radical (unpaired) electrons. The Labute approximate surface area is 159 Å². The molecule has 1 saturated heterocycles. The van der Waals surface area contributed by atoms with Gasteiger partial charge in [0.15, 0.2) is 5.82 Å². The number of piperidine rings is 1. The molecule has 3 aromatic rings. The van der Waals surface area contributed by atoms with Crippen molar-refractivity contribution in [2.24, 2.45) is 0 Å². The third-order valence-electron chi connectivity index (χ3n) is 5.38. The van der Waals surface area contributed by atoms with E-state index in [0.717, 1.165) is 42.9 Å². The minimum atomic E-state index is -0.224. The van der Waals surface area contributed by atoms with E-state index < -0.39 is 0 Å². The molecule has 140 valence electrons. The lowest BCUT2D eigenvalue weighted by molar-refractivity contribution is 0.168. The van der Waals surface area contributed by atoms with Crippen LogP contribution in [-0.4, -0.2) is 34.2 Å². The van der Waals surface area contributed by atoms with Crippen molar-refractivity contribution >= 4 is 0 Å². The lowest BCUT2D eigenvalue weighted by atomic mass is 9.95. The molecule has 1 aliphatic heterocycles. The Morgan fingerprint density at radius 1 is 1.00 bits per heavy atom. The molecule has 1 aromatic heterocycles. The van der Waals surface area contributed by atoms with E-state index in [9.17, 15) is 4.39 Å². The Morgan fingerprint density at radius 3 is 2.33 bits per heavy atom. The highest BCUT2D eigenvalue weighted by molar-refractivity contribution is 5.67. The highest BCUT2D eigenvalue weighted by Gasteiger charge is 2.25. The maximum Gasteiger partial charge on any atom is 0.257 e. The van der Waals surface area contributed by atoms with Crippen molar-refractivity contribution in [1.82, 2.24) is 15.0 Å². The molecule has 2 heterocycles. The molecule has 1 aliphatic rings. The number of halogens is 1. The summed E-state index contributed by atoms with van der Waals surface area (Å²) in [6.07, 6.45) is 2.12. The van der Waals surface area contributed by atoms with Gasteiger partial charge in [0.1, 0.15) is 5.82 Å². The van der Waals surface area contributed by atoms with Gasteiger partial charge in [0, 0.05) is 23.1 Å². The van der Waals surface area contributed by atoms with Gasteiger partial charge in [-0.05, 0) is 63.5 Å². The molecule has 0 spiro atoms. The first kappa shape index (κ1) is 17.9. The van der Waals surface area contributed by atoms with Crippen LogP contribution in [0, 0.1) is 5.82 Å². The fraction of sp³-hybridized carbons (Fsp3) is 0.364. The minimum Gasteiger partial charge on any atom is -0.334 e. The summed E-state index contributed by atoms with van der Waals surface area (Å²) < 4.78 is 19.4. The van der Waals surface area contributed by atoms with Gasteiger partial charge >= 0.3 is 0 Å². The summed E-state index contributed by atoms with van der Waals surface area (Å²) in [6, 6.07) is 14.9. The molecule has 27 heavy (non-hydrogen) atoms. The van der Waals surface area contributed by atoms with E-state index in [-0.39, 0.29) is 5.82 Å². The van der Waals surface area contributed by atoms with Crippen LogP contribution in [0.2, 0.25) is 0 Å². The van der Waals surface area contributed by atoms with Crippen LogP contribution >= 0.6 is 0 Å². The number of nitrogens with zero attached hydrogens (tertiary/aromatic N) is 3. The number of aromatic nitrogens is 2. The largest absolute Gasteiger partial charge is 0.334 e. The Balaban J connectivity index is 1.48. The van der Waals surface area contributed by atoms with Crippen molar-refractivity contribution in [3.8, 4) is 22.6 Å². The van der Waals surface area contributed by atoms with Crippen LogP contribution in [0.25, 0.3) is 22.6 Å². The zero-order chi connectivity index (χ0) is 18.8. The summed E-state index contributed by atoms with van der Waals surface area (Å²) in [6.45, 7) is 6.61. The first-order valence-corrected chi connectivity index (χ1v) is 9.55. The highest BCUT2D eigenvalue weighted by atomic mass is 19.1. The summed E-state index contributed by atoms with van der Waals surface area (Å²) in [5.41, 5.74) is 2.28. The van der Waals surface area contributed by atoms with Gasteiger partial charge in [-0.3, -0.25) is 0 Å². The van der Waals surface area contributed by atoms with Gasteiger partial charge < -0.3 is 9.42 Å². The molecule has 0 unspecified atom stereocenters. The predicted molar refractivity (Wildman–Crippen MR) is 104 cm³/mol. The number of benzene rings is 2. The molecule has 2 aromatic carbocycles. The molecule has 4 nitrogen and oxygen atoms in total. The zero-order valence-corrected chi connectivity index (χ0v) is 15.7. The van der Waals surface area contributed by atoms with E-state index >= 15 is 0 Å². The van der Waals surface area contributed by atoms with Crippen molar-refractivity contribution in [1.29, 1.82) is 0 Å². The van der Waals surface area contributed by atoms with Gasteiger partial charge in [0.05, 0.1) is 0 Å². The Hall–Kier alpha value is -2.53. The van der Waals surface area contributed by atoms with E-state index in [0.29, 0.717) is 23.4 Å². The number of hydrogen-bond donors (Lipinski definition) is 0. The minimum absolute atomic E-state index is 0.224. The monoisotopic (exact) mass is 365 g/mol. The van der Waals surface area contributed by atoms with Crippen LogP contribution < -0.4 is 0 Å². The van der Waals surface area contributed by atoms with Crippen LogP contribution in [0.1, 0.15) is 38.4 Å². The van der Waals surface area contributed by atoms with Gasteiger partial charge in [0.25, 0.3) is 5.89 Å². The molecule has 4 rings (SSSR count). The third kappa shape index (κ3) is 3.78. The normalized spacial score (nSPS) is 16.1. The fourth-order valence-electron chi connectivity index (χ4n) is 3.68. The van der Waals surface area contributed by atoms with E-state index in [1.165, 1.54) is 6.07 Å². The van der Waals surface area contributed by atoms with E-state index in [2.05, 4.69) is 28.9 Å². The quantitative estimate of drug-likeness (QED) is 0.643. The lowest BCUT2D eigenvalue weighted by Gasteiger charge is -2.33. The number of rotatable bonds is 4. The van der Waals surface area contributed by atoms with Gasteiger partial charge in [-0.1, -0.05) is 35.5 Å². The van der Waals surface area contributed by atoms with Gasteiger partial charge in [0.2, 0.25) is 0 Å². The molecule has 0 saturated carbocycles. The smallest absolute Gasteiger partial charge is 0.257 e. The lowest BCUT2D eigenvalue weighted by Crippen LogP contribution is -2.38. The molecule has 0 amide bonds. The average molecular weight is 365 g/mol. The zero-order valence-electron chi connectivity index (χ0n) is 15.7. The van der Waals surface area contributed by atoms with Gasteiger partial charge in [-0.25, -0.2) is 4.39 Å². The standard InChI is InChI=1S/C22H24FN3O/c1-15(2)26-13-11-17(12-14-26)21-24-22(27-25-21)18-9-7-16(8-10-18)19-5-3-4-6-20(19)23/h3-10,15,17H,11-14H2,1-2H3. The molecule has 0 aliphatic carbocycles. The third-order valence-corrected chi connectivity index (χ3v) is 5.38. The van der Waals surface area contributed by atoms with Gasteiger partial charge in [-0.15, -0.1) is 0 Å². The number of likely N-dealkylation sites (tertiary alicyclic amines) is 1. The maximum atomic E-state index is 13.9. The molecular formula is C22H24FN3O. The van der Waals surface area contributed by atoms with Crippen LogP contribution in [0.3, 0.4) is 0 Å². The van der Waals surface area contributed by atoms with Crippen LogP contribution in [0.4, 0.5) is 4.39 Å². The topological polar surface area (TPSA) is 42.2 Å². The summed E-state index contributed by atoms with van der Waals surface area (Å²) in [5.74, 6) is 1.45. The van der Waals surface area contributed by atoms with E-state index in [1.54, 1.807) is 12.1 Å². The van der Waals surface area contributed by atoms with Gasteiger partial charge in [-0.2, -0.15) is 4.98 Å². The van der Waals surface area contributed by atoms with Crippen molar-refractivity contribution in [2.75, 3.05) is 13.1 Å². The van der Waals surface area contributed by atoms with E-state index in [4.69, 9.17) is 4.52 Å². The molecule has 1 fully saturated rings. The maximum absolute atomic E-state index is 13.9. The predicted octanol–water partition coefficient (Wildman–Crippen LogP) is 5.13.